The number of guanidine groups is 1. The number of aliphatic imine (C=N–C) groups is 1. The number of piperazine rings is 1. The first-order chi connectivity index (χ1) is 12.9. The molecule has 8 nitrogen and oxygen atoms in total. The number of furan rings is 1. The van der Waals surface area contributed by atoms with E-state index >= 15 is 0 Å². The fourth-order valence-electron chi connectivity index (χ4n) is 2.85. The minimum atomic E-state index is -0.576. The lowest BCUT2D eigenvalue weighted by Crippen LogP contribution is -2.54. The molecule has 2 heterocycles. The maximum atomic E-state index is 12.4. The quantitative estimate of drug-likeness (QED) is 0.574. The van der Waals surface area contributed by atoms with Crippen molar-refractivity contribution in [3.63, 3.8) is 0 Å². The Labute approximate surface area is 161 Å². The molecule has 2 amide bonds. The summed E-state index contributed by atoms with van der Waals surface area (Å²) < 4.78 is 5.20. The van der Waals surface area contributed by atoms with Gasteiger partial charge in [-0.3, -0.25) is 14.6 Å². The van der Waals surface area contributed by atoms with Crippen molar-refractivity contribution in [2.75, 3.05) is 45.8 Å². The van der Waals surface area contributed by atoms with Crippen LogP contribution in [0.2, 0.25) is 0 Å². The van der Waals surface area contributed by atoms with E-state index in [1.807, 2.05) is 27.7 Å². The van der Waals surface area contributed by atoms with E-state index in [9.17, 15) is 9.59 Å². The molecule has 1 aliphatic rings. The molecule has 2 N–H and O–H groups in total. The van der Waals surface area contributed by atoms with Gasteiger partial charge in [0.1, 0.15) is 0 Å². The van der Waals surface area contributed by atoms with E-state index in [1.165, 1.54) is 6.26 Å². The van der Waals surface area contributed by atoms with Crippen molar-refractivity contribution in [2.24, 2.45) is 10.4 Å². The van der Waals surface area contributed by atoms with Gasteiger partial charge in [-0.2, -0.15) is 0 Å². The van der Waals surface area contributed by atoms with Crippen LogP contribution < -0.4 is 10.6 Å². The minimum Gasteiger partial charge on any atom is -0.459 e. The summed E-state index contributed by atoms with van der Waals surface area (Å²) in [7, 11) is 0. The van der Waals surface area contributed by atoms with Gasteiger partial charge in [0.2, 0.25) is 5.91 Å². The summed E-state index contributed by atoms with van der Waals surface area (Å²) in [6.07, 6.45) is 1.51. The molecule has 0 aliphatic carbocycles. The van der Waals surface area contributed by atoms with Gasteiger partial charge in [0.25, 0.3) is 5.91 Å². The van der Waals surface area contributed by atoms with Crippen LogP contribution in [0.25, 0.3) is 0 Å². The van der Waals surface area contributed by atoms with Crippen LogP contribution in [0.5, 0.6) is 0 Å². The number of amides is 2. The summed E-state index contributed by atoms with van der Waals surface area (Å²) in [4.78, 5) is 33.2. The highest BCUT2D eigenvalue weighted by atomic mass is 16.3. The molecule has 1 aromatic heterocycles. The van der Waals surface area contributed by atoms with Crippen LogP contribution in [-0.2, 0) is 4.79 Å². The van der Waals surface area contributed by atoms with Gasteiger partial charge in [-0.05, 0) is 39.8 Å². The molecule has 1 aromatic rings. The lowest BCUT2D eigenvalue weighted by molar-refractivity contribution is -0.128. The summed E-state index contributed by atoms with van der Waals surface area (Å²) >= 11 is 0. The number of carbonyl (C=O) groups excluding carboxylic acids is 2. The molecule has 27 heavy (non-hydrogen) atoms. The predicted octanol–water partition coefficient (Wildman–Crippen LogP) is 1.17. The lowest BCUT2D eigenvalue weighted by Gasteiger charge is -2.36. The second-order valence-electron chi connectivity index (χ2n) is 7.17. The third-order valence-electron chi connectivity index (χ3n) is 4.51. The first-order valence-corrected chi connectivity index (χ1v) is 9.53. The van der Waals surface area contributed by atoms with Crippen molar-refractivity contribution in [3.8, 4) is 0 Å². The smallest absolute Gasteiger partial charge is 0.289 e. The molecule has 0 saturated carbocycles. The first kappa shape index (κ1) is 20.8. The monoisotopic (exact) mass is 377 g/mol. The predicted molar refractivity (Wildman–Crippen MR) is 105 cm³/mol. The Morgan fingerprint density at radius 1 is 1.11 bits per heavy atom. The number of hydrogen-bond donors (Lipinski definition) is 2. The van der Waals surface area contributed by atoms with E-state index in [0.29, 0.717) is 45.0 Å². The highest BCUT2D eigenvalue weighted by Crippen LogP contribution is 2.16. The molecule has 0 spiro atoms. The Balaban J connectivity index is 1.97. The van der Waals surface area contributed by atoms with Crippen LogP contribution in [0.4, 0.5) is 0 Å². The van der Waals surface area contributed by atoms with Crippen LogP contribution in [0.3, 0.4) is 0 Å². The highest BCUT2D eigenvalue weighted by molar-refractivity contribution is 5.91. The number of hydrogen-bond acceptors (Lipinski definition) is 4. The molecule has 8 heteroatoms. The molecule has 150 valence electrons. The van der Waals surface area contributed by atoms with Gasteiger partial charge >= 0.3 is 0 Å². The van der Waals surface area contributed by atoms with Crippen molar-refractivity contribution >= 4 is 17.8 Å². The van der Waals surface area contributed by atoms with Crippen LogP contribution >= 0.6 is 0 Å². The minimum absolute atomic E-state index is 0.00142. The van der Waals surface area contributed by atoms with Crippen LogP contribution in [0, 0.1) is 5.41 Å². The Bertz CT molecular complexity index is 646. The van der Waals surface area contributed by atoms with Crippen molar-refractivity contribution < 1.29 is 14.0 Å². The molecule has 0 aromatic carbocycles. The molecule has 0 radical (unpaired) electrons. The Kier molecular flexibility index (Phi) is 7.27. The van der Waals surface area contributed by atoms with Crippen molar-refractivity contribution in [1.82, 2.24) is 20.4 Å². The van der Waals surface area contributed by atoms with E-state index in [0.717, 1.165) is 12.5 Å². The average molecular weight is 377 g/mol. The maximum absolute atomic E-state index is 12.4. The zero-order valence-corrected chi connectivity index (χ0v) is 16.7. The Hall–Kier alpha value is -2.51. The first-order valence-electron chi connectivity index (χ1n) is 9.53. The molecule has 0 unspecified atom stereocenters. The van der Waals surface area contributed by atoms with Crippen LogP contribution in [0.15, 0.2) is 27.8 Å². The number of nitrogens with zero attached hydrogens (tertiary/aromatic N) is 3. The van der Waals surface area contributed by atoms with E-state index in [1.54, 1.807) is 17.0 Å². The van der Waals surface area contributed by atoms with Gasteiger partial charge in [0.15, 0.2) is 11.7 Å². The molecule has 1 fully saturated rings. The molecular weight excluding hydrogens is 346 g/mol. The third-order valence-corrected chi connectivity index (χ3v) is 4.51. The summed E-state index contributed by atoms with van der Waals surface area (Å²) in [6, 6.07) is 3.40. The van der Waals surface area contributed by atoms with E-state index < -0.39 is 5.41 Å². The van der Waals surface area contributed by atoms with Gasteiger partial charge < -0.3 is 24.9 Å². The van der Waals surface area contributed by atoms with E-state index in [4.69, 9.17) is 4.42 Å². The zero-order chi connectivity index (χ0) is 19.9. The fourth-order valence-corrected chi connectivity index (χ4v) is 2.85. The Morgan fingerprint density at radius 2 is 1.74 bits per heavy atom. The van der Waals surface area contributed by atoms with Crippen molar-refractivity contribution in [1.29, 1.82) is 0 Å². The SMILES string of the molecule is CCNC(=O)C(C)(C)CN=C(NCC)N1CCN(C(=O)c2ccco2)CC1. The topological polar surface area (TPSA) is 90.2 Å². The van der Waals surface area contributed by atoms with Gasteiger partial charge in [0, 0.05) is 39.3 Å². The van der Waals surface area contributed by atoms with Crippen molar-refractivity contribution in [2.45, 2.75) is 27.7 Å². The lowest BCUT2D eigenvalue weighted by atomic mass is 9.92. The van der Waals surface area contributed by atoms with Gasteiger partial charge in [-0.25, -0.2) is 0 Å². The van der Waals surface area contributed by atoms with Crippen LogP contribution in [0.1, 0.15) is 38.2 Å². The Morgan fingerprint density at radius 3 is 2.30 bits per heavy atom. The molecular formula is C19H31N5O3. The summed E-state index contributed by atoms with van der Waals surface area (Å²) in [6.45, 7) is 12.0. The van der Waals surface area contributed by atoms with E-state index in [2.05, 4.69) is 20.5 Å². The molecule has 0 bridgehead atoms. The molecule has 0 atom stereocenters. The van der Waals surface area contributed by atoms with E-state index in [-0.39, 0.29) is 11.8 Å². The number of rotatable bonds is 6. The largest absolute Gasteiger partial charge is 0.459 e. The van der Waals surface area contributed by atoms with Crippen molar-refractivity contribution in [3.05, 3.63) is 24.2 Å². The second kappa shape index (κ2) is 9.43. The number of carbonyl (C=O) groups is 2. The maximum Gasteiger partial charge on any atom is 0.289 e. The fraction of sp³-hybridized carbons (Fsp3) is 0.632. The second-order valence-corrected chi connectivity index (χ2v) is 7.17. The normalized spacial score (nSPS) is 15.6. The van der Waals surface area contributed by atoms with Gasteiger partial charge in [0.05, 0.1) is 18.2 Å². The number of nitrogens with one attached hydrogen (secondary N) is 2. The van der Waals surface area contributed by atoms with Crippen LogP contribution in [-0.4, -0.2) is 73.4 Å². The average Bonchev–Trinajstić information content (AvgIpc) is 3.19. The third kappa shape index (κ3) is 5.48. The highest BCUT2D eigenvalue weighted by Gasteiger charge is 2.29. The summed E-state index contributed by atoms with van der Waals surface area (Å²) in [5.41, 5.74) is -0.576. The zero-order valence-electron chi connectivity index (χ0n) is 16.7. The molecule has 1 aliphatic heterocycles. The van der Waals surface area contributed by atoms with Gasteiger partial charge in [-0.15, -0.1) is 0 Å². The summed E-state index contributed by atoms with van der Waals surface area (Å²) in [5.74, 6) is 1.06. The molecule has 1 saturated heterocycles. The molecule has 2 rings (SSSR count). The summed E-state index contributed by atoms with van der Waals surface area (Å²) in [5, 5.41) is 6.15. The standard InChI is InChI=1S/C19H31N5O3/c1-5-20-17(26)19(3,4)14-22-18(21-6-2)24-11-9-23(10-12-24)16(25)15-8-7-13-27-15/h7-8,13H,5-6,9-12,14H2,1-4H3,(H,20,26)(H,21,22). The van der Waals surface area contributed by atoms with Gasteiger partial charge in [-0.1, -0.05) is 0 Å².